The Labute approximate surface area is 91.9 Å². The summed E-state index contributed by atoms with van der Waals surface area (Å²) in [5.74, 6) is 0. The number of ether oxygens (including phenoxy) is 2. The van der Waals surface area contributed by atoms with Crippen LogP contribution in [0.15, 0.2) is 0 Å². The third-order valence-electron chi connectivity index (χ3n) is 3.68. The lowest BCUT2D eigenvalue weighted by atomic mass is 10.1. The maximum absolute atomic E-state index is 5.17. The van der Waals surface area contributed by atoms with Gasteiger partial charge in [-0.25, -0.2) is 0 Å². The highest BCUT2D eigenvalue weighted by Crippen LogP contribution is 2.27. The fourth-order valence-electron chi connectivity index (χ4n) is 2.83. The molecule has 2 aliphatic heterocycles. The first kappa shape index (κ1) is 11.3. The van der Waals surface area contributed by atoms with Crippen molar-refractivity contribution in [2.24, 2.45) is 0 Å². The van der Waals surface area contributed by atoms with E-state index in [2.05, 4.69) is 10.2 Å². The quantitative estimate of drug-likeness (QED) is 0.673. The molecule has 4 heteroatoms. The van der Waals surface area contributed by atoms with Crippen LogP contribution in [-0.4, -0.2) is 57.1 Å². The molecule has 2 rings (SSSR count). The topological polar surface area (TPSA) is 33.7 Å². The average Bonchev–Trinajstić information content (AvgIpc) is 2.83. The molecule has 2 unspecified atom stereocenters. The van der Waals surface area contributed by atoms with E-state index in [-0.39, 0.29) is 6.29 Å². The molecule has 0 saturated carbocycles. The molecule has 2 saturated heterocycles. The van der Waals surface area contributed by atoms with Crippen molar-refractivity contribution in [3.8, 4) is 0 Å². The van der Waals surface area contributed by atoms with E-state index in [4.69, 9.17) is 9.47 Å². The molecule has 15 heavy (non-hydrogen) atoms. The monoisotopic (exact) mass is 214 g/mol. The van der Waals surface area contributed by atoms with Crippen molar-refractivity contribution in [3.63, 3.8) is 0 Å². The lowest BCUT2D eigenvalue weighted by Gasteiger charge is -2.23. The highest BCUT2D eigenvalue weighted by molar-refractivity contribution is 4.95. The Kier molecular flexibility index (Phi) is 3.97. The van der Waals surface area contributed by atoms with Crippen LogP contribution in [0, 0.1) is 0 Å². The Bertz CT molecular complexity index is 197. The molecule has 0 aliphatic carbocycles. The fourth-order valence-corrected chi connectivity index (χ4v) is 2.83. The van der Waals surface area contributed by atoms with E-state index in [0.29, 0.717) is 6.04 Å². The van der Waals surface area contributed by atoms with Crippen LogP contribution in [0.5, 0.6) is 0 Å². The van der Waals surface area contributed by atoms with E-state index in [1.54, 1.807) is 14.2 Å². The molecule has 2 atom stereocenters. The molecule has 2 fully saturated rings. The maximum Gasteiger partial charge on any atom is 0.169 e. The van der Waals surface area contributed by atoms with Crippen molar-refractivity contribution in [1.29, 1.82) is 0 Å². The van der Waals surface area contributed by atoms with E-state index >= 15 is 0 Å². The molecule has 0 aromatic carbocycles. The van der Waals surface area contributed by atoms with Crippen LogP contribution in [0.25, 0.3) is 0 Å². The summed E-state index contributed by atoms with van der Waals surface area (Å²) >= 11 is 0. The first-order valence-corrected chi connectivity index (χ1v) is 5.88. The van der Waals surface area contributed by atoms with Crippen LogP contribution < -0.4 is 5.32 Å². The van der Waals surface area contributed by atoms with Gasteiger partial charge in [0.15, 0.2) is 6.29 Å². The Morgan fingerprint density at radius 2 is 2.07 bits per heavy atom. The summed E-state index contributed by atoms with van der Waals surface area (Å²) in [7, 11) is 3.37. The molecule has 0 aromatic rings. The van der Waals surface area contributed by atoms with Crippen LogP contribution in [0.1, 0.15) is 19.3 Å². The van der Waals surface area contributed by atoms with Gasteiger partial charge >= 0.3 is 0 Å². The summed E-state index contributed by atoms with van der Waals surface area (Å²) < 4.78 is 10.3. The molecule has 0 aromatic heterocycles. The zero-order valence-electron chi connectivity index (χ0n) is 9.74. The van der Waals surface area contributed by atoms with Crippen LogP contribution >= 0.6 is 0 Å². The van der Waals surface area contributed by atoms with Gasteiger partial charge in [-0.2, -0.15) is 0 Å². The van der Waals surface area contributed by atoms with E-state index in [1.165, 1.54) is 32.4 Å². The highest BCUT2D eigenvalue weighted by Gasteiger charge is 2.36. The molecule has 0 bridgehead atoms. The predicted molar refractivity (Wildman–Crippen MR) is 58.8 cm³/mol. The minimum Gasteiger partial charge on any atom is -0.355 e. The van der Waals surface area contributed by atoms with Gasteiger partial charge in [0.05, 0.1) is 0 Å². The molecule has 88 valence electrons. The Morgan fingerprint density at radius 1 is 1.27 bits per heavy atom. The minimum absolute atomic E-state index is 0.111. The second-order valence-corrected chi connectivity index (χ2v) is 4.45. The van der Waals surface area contributed by atoms with Crippen molar-refractivity contribution < 1.29 is 9.47 Å². The number of fused-ring (bicyclic) bond motifs is 1. The number of nitrogens with zero attached hydrogens (tertiary/aromatic N) is 1. The molecule has 4 nitrogen and oxygen atoms in total. The van der Waals surface area contributed by atoms with Crippen LogP contribution in [-0.2, 0) is 9.47 Å². The molecule has 0 amide bonds. The van der Waals surface area contributed by atoms with E-state index in [0.717, 1.165) is 12.6 Å². The Morgan fingerprint density at radius 3 is 2.80 bits per heavy atom. The number of methoxy groups -OCH3 is 2. The second kappa shape index (κ2) is 5.25. The average molecular weight is 214 g/mol. The van der Waals surface area contributed by atoms with Crippen LogP contribution in [0.2, 0.25) is 0 Å². The summed E-state index contributed by atoms with van der Waals surface area (Å²) in [6, 6.07) is 1.40. The highest BCUT2D eigenvalue weighted by atomic mass is 16.7. The van der Waals surface area contributed by atoms with Crippen molar-refractivity contribution in [2.45, 2.75) is 37.6 Å². The first-order valence-electron chi connectivity index (χ1n) is 5.88. The largest absolute Gasteiger partial charge is 0.355 e. The second-order valence-electron chi connectivity index (χ2n) is 4.45. The number of hydrogen-bond donors (Lipinski definition) is 1. The summed E-state index contributed by atoms with van der Waals surface area (Å²) in [5.41, 5.74) is 0. The normalized spacial score (nSPS) is 31.4. The minimum atomic E-state index is -0.111. The van der Waals surface area contributed by atoms with Gasteiger partial charge in [0, 0.05) is 39.4 Å². The van der Waals surface area contributed by atoms with Gasteiger partial charge in [0.25, 0.3) is 0 Å². The molecule has 0 spiro atoms. The van der Waals surface area contributed by atoms with Gasteiger partial charge in [-0.15, -0.1) is 0 Å². The SMILES string of the molecule is COC(CNC1CCN2CCCC12)OC. The molecular formula is C11H22N2O2. The Hall–Kier alpha value is -0.160. The maximum atomic E-state index is 5.17. The van der Waals surface area contributed by atoms with Gasteiger partial charge in [0.1, 0.15) is 0 Å². The van der Waals surface area contributed by atoms with Crippen molar-refractivity contribution in [1.82, 2.24) is 10.2 Å². The van der Waals surface area contributed by atoms with Gasteiger partial charge in [-0.3, -0.25) is 4.90 Å². The lowest BCUT2D eigenvalue weighted by molar-refractivity contribution is -0.100. The summed E-state index contributed by atoms with van der Waals surface area (Å²) in [6.45, 7) is 3.34. The fraction of sp³-hybridized carbons (Fsp3) is 1.00. The van der Waals surface area contributed by atoms with Gasteiger partial charge in [-0.1, -0.05) is 0 Å². The first-order chi connectivity index (χ1) is 7.35. The lowest BCUT2D eigenvalue weighted by Crippen LogP contribution is -2.43. The zero-order valence-corrected chi connectivity index (χ0v) is 9.74. The molecule has 2 heterocycles. The van der Waals surface area contributed by atoms with Gasteiger partial charge in [-0.05, 0) is 25.8 Å². The molecule has 2 aliphatic rings. The third kappa shape index (κ3) is 2.50. The summed E-state index contributed by atoms with van der Waals surface area (Å²) in [5, 5.41) is 3.56. The summed E-state index contributed by atoms with van der Waals surface area (Å²) in [4.78, 5) is 2.60. The van der Waals surface area contributed by atoms with Crippen molar-refractivity contribution in [3.05, 3.63) is 0 Å². The number of rotatable bonds is 5. The van der Waals surface area contributed by atoms with Gasteiger partial charge < -0.3 is 14.8 Å². The van der Waals surface area contributed by atoms with E-state index < -0.39 is 0 Å². The van der Waals surface area contributed by atoms with E-state index in [9.17, 15) is 0 Å². The molecule has 1 N–H and O–H groups in total. The molecule has 0 radical (unpaired) electrons. The number of nitrogens with one attached hydrogen (secondary N) is 1. The van der Waals surface area contributed by atoms with Crippen molar-refractivity contribution >= 4 is 0 Å². The predicted octanol–water partition coefficient (Wildman–Crippen LogP) is 0.432. The number of hydrogen-bond acceptors (Lipinski definition) is 4. The molecular weight excluding hydrogens is 192 g/mol. The van der Waals surface area contributed by atoms with Crippen LogP contribution in [0.4, 0.5) is 0 Å². The van der Waals surface area contributed by atoms with Crippen LogP contribution in [0.3, 0.4) is 0 Å². The summed E-state index contributed by atoms with van der Waals surface area (Å²) in [6.07, 6.45) is 3.87. The Balaban J connectivity index is 1.75. The smallest absolute Gasteiger partial charge is 0.169 e. The van der Waals surface area contributed by atoms with E-state index in [1.807, 2.05) is 0 Å². The standard InChI is InChI=1S/C11H22N2O2/c1-14-11(15-2)8-12-9-5-7-13-6-3-4-10(9)13/h9-12H,3-8H2,1-2H3. The third-order valence-corrected chi connectivity index (χ3v) is 3.68. The van der Waals surface area contributed by atoms with Gasteiger partial charge in [0.2, 0.25) is 0 Å². The zero-order chi connectivity index (χ0) is 10.7. The van der Waals surface area contributed by atoms with Crippen molar-refractivity contribution in [2.75, 3.05) is 33.9 Å².